The summed E-state index contributed by atoms with van der Waals surface area (Å²) in [6, 6.07) is 11.0. The lowest BCUT2D eigenvalue weighted by molar-refractivity contribution is 0.302. The highest BCUT2D eigenvalue weighted by molar-refractivity contribution is 5.78. The summed E-state index contributed by atoms with van der Waals surface area (Å²) in [5, 5.41) is 3.70. The third kappa shape index (κ3) is 3.48. The molecule has 0 aliphatic carbocycles. The number of H-pyrrole nitrogens is 1. The molecule has 0 aliphatic heterocycles. The van der Waals surface area contributed by atoms with Gasteiger partial charge in [0.05, 0.1) is 17.5 Å². The maximum Gasteiger partial charge on any atom is 0.260 e. The zero-order valence-electron chi connectivity index (χ0n) is 12.9. The summed E-state index contributed by atoms with van der Waals surface area (Å²) >= 11 is 0. The number of para-hydroxylation sites is 1. The number of benzene rings is 1. The number of nitrogens with one attached hydrogen (secondary N) is 2. The largest absolute Gasteiger partial charge is 0.477 e. The minimum Gasteiger partial charge on any atom is -0.477 e. The second kappa shape index (κ2) is 6.91. The first-order valence-corrected chi connectivity index (χ1v) is 7.57. The van der Waals surface area contributed by atoms with Crippen molar-refractivity contribution in [2.24, 2.45) is 0 Å². The van der Waals surface area contributed by atoms with E-state index in [-0.39, 0.29) is 5.56 Å². The van der Waals surface area contributed by atoms with Crippen LogP contribution < -0.4 is 15.6 Å². The molecular formula is C17H18N4O2. The maximum atomic E-state index is 12.0. The number of fused-ring (bicyclic) bond motifs is 1. The predicted molar refractivity (Wildman–Crippen MR) is 89.7 cm³/mol. The topological polar surface area (TPSA) is 79.9 Å². The SMILES string of the molecule is CCCOc1ncccc1CNc1nc2ccccc2c(=O)[nH]1. The molecule has 0 radical (unpaired) electrons. The number of aromatic amines is 1. The number of hydrogen-bond acceptors (Lipinski definition) is 5. The number of ether oxygens (including phenoxy) is 1. The summed E-state index contributed by atoms with van der Waals surface area (Å²) in [5.74, 6) is 1.03. The molecule has 2 aromatic heterocycles. The molecule has 0 fully saturated rings. The molecule has 0 bridgehead atoms. The molecular weight excluding hydrogens is 292 g/mol. The van der Waals surface area contributed by atoms with Crippen LogP contribution in [-0.4, -0.2) is 21.6 Å². The molecule has 2 heterocycles. The van der Waals surface area contributed by atoms with Crippen molar-refractivity contribution < 1.29 is 4.74 Å². The Hall–Kier alpha value is -2.89. The molecule has 0 aliphatic rings. The second-order valence-electron chi connectivity index (χ2n) is 5.10. The number of nitrogens with zero attached hydrogens (tertiary/aromatic N) is 2. The Bertz CT molecular complexity index is 860. The van der Waals surface area contributed by atoms with E-state index in [1.54, 1.807) is 12.3 Å². The van der Waals surface area contributed by atoms with E-state index in [0.29, 0.717) is 35.9 Å². The van der Waals surface area contributed by atoms with Gasteiger partial charge in [-0.25, -0.2) is 9.97 Å². The average molecular weight is 310 g/mol. The van der Waals surface area contributed by atoms with Crippen molar-refractivity contribution in [1.29, 1.82) is 0 Å². The quantitative estimate of drug-likeness (QED) is 0.732. The molecule has 0 saturated heterocycles. The number of rotatable bonds is 6. The Balaban J connectivity index is 1.80. The molecule has 23 heavy (non-hydrogen) atoms. The van der Waals surface area contributed by atoms with Crippen molar-refractivity contribution in [2.75, 3.05) is 11.9 Å². The lowest BCUT2D eigenvalue weighted by atomic mass is 10.2. The average Bonchev–Trinajstić information content (AvgIpc) is 2.59. The fraction of sp³-hybridized carbons (Fsp3) is 0.235. The van der Waals surface area contributed by atoms with Crippen molar-refractivity contribution in [3.05, 3.63) is 58.5 Å². The Morgan fingerprint density at radius 2 is 2.09 bits per heavy atom. The Morgan fingerprint density at radius 3 is 2.96 bits per heavy atom. The van der Waals surface area contributed by atoms with Crippen LogP contribution in [0.2, 0.25) is 0 Å². The van der Waals surface area contributed by atoms with Crippen LogP contribution in [0.25, 0.3) is 10.9 Å². The summed E-state index contributed by atoms with van der Waals surface area (Å²) in [4.78, 5) is 23.4. The van der Waals surface area contributed by atoms with Crippen LogP contribution >= 0.6 is 0 Å². The van der Waals surface area contributed by atoms with E-state index in [1.165, 1.54) is 0 Å². The van der Waals surface area contributed by atoms with Crippen LogP contribution in [0.15, 0.2) is 47.4 Å². The van der Waals surface area contributed by atoms with Crippen molar-refractivity contribution in [3.63, 3.8) is 0 Å². The zero-order chi connectivity index (χ0) is 16.1. The van der Waals surface area contributed by atoms with Crippen LogP contribution in [0.5, 0.6) is 5.88 Å². The van der Waals surface area contributed by atoms with Crippen molar-refractivity contribution in [2.45, 2.75) is 19.9 Å². The van der Waals surface area contributed by atoms with Crippen molar-refractivity contribution in [3.8, 4) is 5.88 Å². The van der Waals surface area contributed by atoms with Gasteiger partial charge in [0.2, 0.25) is 11.8 Å². The second-order valence-corrected chi connectivity index (χ2v) is 5.10. The molecule has 0 saturated carbocycles. The first-order chi connectivity index (χ1) is 11.3. The van der Waals surface area contributed by atoms with Gasteiger partial charge in [-0.1, -0.05) is 25.1 Å². The molecule has 0 amide bonds. The first kappa shape index (κ1) is 15.0. The minimum absolute atomic E-state index is 0.160. The van der Waals surface area contributed by atoms with Crippen LogP contribution in [-0.2, 0) is 6.54 Å². The molecule has 2 N–H and O–H groups in total. The summed E-state index contributed by atoms with van der Waals surface area (Å²) in [5.41, 5.74) is 1.41. The molecule has 0 unspecified atom stereocenters. The van der Waals surface area contributed by atoms with Gasteiger partial charge in [0.1, 0.15) is 0 Å². The van der Waals surface area contributed by atoms with E-state index in [4.69, 9.17) is 4.74 Å². The van der Waals surface area contributed by atoms with Gasteiger partial charge in [-0.2, -0.15) is 0 Å². The highest BCUT2D eigenvalue weighted by Crippen LogP contribution is 2.16. The van der Waals surface area contributed by atoms with Gasteiger partial charge < -0.3 is 10.1 Å². The normalized spacial score (nSPS) is 10.7. The fourth-order valence-electron chi connectivity index (χ4n) is 2.24. The van der Waals surface area contributed by atoms with E-state index in [0.717, 1.165) is 12.0 Å². The maximum absolute atomic E-state index is 12.0. The molecule has 3 aromatic rings. The molecule has 118 valence electrons. The summed E-state index contributed by atoms with van der Waals surface area (Å²) < 4.78 is 5.63. The summed E-state index contributed by atoms with van der Waals surface area (Å²) in [6.07, 6.45) is 2.62. The summed E-state index contributed by atoms with van der Waals surface area (Å²) in [6.45, 7) is 3.13. The highest BCUT2D eigenvalue weighted by Gasteiger charge is 2.06. The highest BCUT2D eigenvalue weighted by atomic mass is 16.5. The lowest BCUT2D eigenvalue weighted by Gasteiger charge is -2.10. The molecule has 0 spiro atoms. The van der Waals surface area contributed by atoms with E-state index < -0.39 is 0 Å². The third-order valence-corrected chi connectivity index (χ3v) is 3.35. The molecule has 6 nitrogen and oxygen atoms in total. The van der Waals surface area contributed by atoms with Crippen LogP contribution in [0.3, 0.4) is 0 Å². The molecule has 6 heteroatoms. The zero-order valence-corrected chi connectivity index (χ0v) is 12.9. The first-order valence-electron chi connectivity index (χ1n) is 7.57. The van der Waals surface area contributed by atoms with Gasteiger partial charge in [-0.15, -0.1) is 0 Å². The Morgan fingerprint density at radius 1 is 1.22 bits per heavy atom. The van der Waals surface area contributed by atoms with Gasteiger partial charge in [0.25, 0.3) is 5.56 Å². The van der Waals surface area contributed by atoms with Gasteiger partial charge in [-0.3, -0.25) is 9.78 Å². The number of hydrogen-bond donors (Lipinski definition) is 2. The molecule has 0 atom stereocenters. The van der Waals surface area contributed by atoms with Crippen LogP contribution in [0.4, 0.5) is 5.95 Å². The predicted octanol–water partition coefficient (Wildman–Crippen LogP) is 2.72. The smallest absolute Gasteiger partial charge is 0.260 e. The van der Waals surface area contributed by atoms with Gasteiger partial charge in [0, 0.05) is 18.3 Å². The summed E-state index contributed by atoms with van der Waals surface area (Å²) in [7, 11) is 0. The fourth-order valence-corrected chi connectivity index (χ4v) is 2.24. The minimum atomic E-state index is -0.160. The van der Waals surface area contributed by atoms with Crippen LogP contribution in [0.1, 0.15) is 18.9 Å². The van der Waals surface area contributed by atoms with E-state index in [1.807, 2.05) is 37.3 Å². The standard InChI is InChI=1S/C17H18N4O2/c1-2-10-23-16-12(6-5-9-18-16)11-19-17-20-14-8-4-3-7-13(14)15(22)21-17/h3-9H,2,10-11H2,1H3,(H2,19,20,21,22). The van der Waals surface area contributed by atoms with E-state index in [2.05, 4.69) is 20.3 Å². The van der Waals surface area contributed by atoms with Gasteiger partial charge in [-0.05, 0) is 24.6 Å². The van der Waals surface area contributed by atoms with Crippen molar-refractivity contribution >= 4 is 16.9 Å². The Kier molecular flexibility index (Phi) is 4.52. The number of aromatic nitrogens is 3. The van der Waals surface area contributed by atoms with E-state index >= 15 is 0 Å². The number of pyridine rings is 1. The monoisotopic (exact) mass is 310 g/mol. The Labute approximate surface area is 133 Å². The molecule has 3 rings (SSSR count). The molecule has 1 aromatic carbocycles. The van der Waals surface area contributed by atoms with Gasteiger partial charge in [0.15, 0.2) is 0 Å². The number of anilines is 1. The van der Waals surface area contributed by atoms with E-state index in [9.17, 15) is 4.79 Å². The van der Waals surface area contributed by atoms with Crippen LogP contribution in [0, 0.1) is 0 Å². The van der Waals surface area contributed by atoms with Crippen molar-refractivity contribution in [1.82, 2.24) is 15.0 Å². The lowest BCUT2D eigenvalue weighted by Crippen LogP contribution is -2.13. The third-order valence-electron chi connectivity index (χ3n) is 3.35. The van der Waals surface area contributed by atoms with Gasteiger partial charge >= 0.3 is 0 Å².